The summed E-state index contributed by atoms with van der Waals surface area (Å²) in [5, 5.41) is 10.9. The number of fused-ring (bicyclic) bond motifs is 1. The van der Waals surface area contributed by atoms with Crippen molar-refractivity contribution in [3.63, 3.8) is 0 Å². The summed E-state index contributed by atoms with van der Waals surface area (Å²) in [6.45, 7) is 3.00. The van der Waals surface area contributed by atoms with Crippen LogP contribution in [0.1, 0.15) is 16.1 Å². The zero-order valence-electron chi connectivity index (χ0n) is 15.2. The van der Waals surface area contributed by atoms with Crippen molar-refractivity contribution in [2.24, 2.45) is 0 Å². The van der Waals surface area contributed by atoms with Crippen LogP contribution in [0.3, 0.4) is 0 Å². The minimum absolute atomic E-state index is 0.226. The maximum Gasteiger partial charge on any atom is 0.276 e. The number of H-pyrrole nitrogens is 1. The van der Waals surface area contributed by atoms with E-state index in [1.807, 2.05) is 48.2 Å². The smallest absolute Gasteiger partial charge is 0.276 e. The van der Waals surface area contributed by atoms with E-state index in [-0.39, 0.29) is 5.91 Å². The number of ether oxygens (including phenoxy) is 1. The highest BCUT2D eigenvalue weighted by atomic mass is 32.2. The average molecular weight is 382 g/mol. The number of carbonyl (C=O) groups excluding carboxylic acids is 1. The molecule has 1 aliphatic heterocycles. The van der Waals surface area contributed by atoms with E-state index in [9.17, 15) is 4.79 Å². The van der Waals surface area contributed by atoms with E-state index in [0.717, 1.165) is 53.3 Å². The molecule has 7 heteroatoms. The van der Waals surface area contributed by atoms with Crippen LogP contribution in [0.4, 0.5) is 5.69 Å². The summed E-state index contributed by atoms with van der Waals surface area (Å²) in [6, 6.07) is 13.5. The third-order valence-electron chi connectivity index (χ3n) is 4.76. The van der Waals surface area contributed by atoms with E-state index in [0.29, 0.717) is 11.4 Å². The van der Waals surface area contributed by atoms with E-state index in [1.54, 1.807) is 7.11 Å². The normalized spacial score (nSPS) is 15.0. The molecule has 1 fully saturated rings. The third kappa shape index (κ3) is 3.79. The highest BCUT2D eigenvalue weighted by Crippen LogP contribution is 2.26. The number of benzene rings is 2. The summed E-state index contributed by atoms with van der Waals surface area (Å²) in [5.74, 6) is 2.77. The van der Waals surface area contributed by atoms with Gasteiger partial charge in [0, 0.05) is 42.2 Å². The maximum atomic E-state index is 12.9. The molecule has 1 aliphatic rings. The monoisotopic (exact) mass is 382 g/mol. The van der Waals surface area contributed by atoms with E-state index in [2.05, 4.69) is 26.5 Å². The molecule has 1 aromatic heterocycles. The lowest BCUT2D eigenvalue weighted by atomic mass is 10.1. The Morgan fingerprint density at radius 1 is 1.22 bits per heavy atom. The molecule has 4 rings (SSSR count). The minimum atomic E-state index is -0.226. The average Bonchev–Trinajstić information content (AvgIpc) is 3.14. The first-order valence-corrected chi connectivity index (χ1v) is 10.1. The van der Waals surface area contributed by atoms with Crippen LogP contribution in [0.15, 0.2) is 42.5 Å². The van der Waals surface area contributed by atoms with Crippen molar-refractivity contribution >= 4 is 34.3 Å². The van der Waals surface area contributed by atoms with Crippen LogP contribution in [0.2, 0.25) is 0 Å². The lowest BCUT2D eigenvalue weighted by Crippen LogP contribution is -2.32. The zero-order valence-corrected chi connectivity index (χ0v) is 16.0. The summed E-state index contributed by atoms with van der Waals surface area (Å²) < 4.78 is 5.33. The predicted octanol–water partition coefficient (Wildman–Crippen LogP) is 3.37. The van der Waals surface area contributed by atoms with Crippen LogP contribution in [0.25, 0.3) is 10.9 Å². The van der Waals surface area contributed by atoms with Gasteiger partial charge in [-0.15, -0.1) is 0 Å². The van der Waals surface area contributed by atoms with Gasteiger partial charge in [-0.2, -0.15) is 16.9 Å². The van der Waals surface area contributed by atoms with Crippen molar-refractivity contribution in [2.45, 2.75) is 6.54 Å². The fourth-order valence-electron chi connectivity index (χ4n) is 3.32. The molecule has 6 nitrogen and oxygen atoms in total. The molecule has 140 valence electrons. The lowest BCUT2D eigenvalue weighted by molar-refractivity contribution is 0.102. The fraction of sp³-hybridized carbons (Fsp3) is 0.300. The van der Waals surface area contributed by atoms with Crippen molar-refractivity contribution in [1.29, 1.82) is 0 Å². The number of hydrogen-bond donors (Lipinski definition) is 2. The Balaban J connectivity index is 1.57. The Morgan fingerprint density at radius 2 is 2.04 bits per heavy atom. The second kappa shape index (κ2) is 8.02. The number of rotatable bonds is 5. The molecule has 1 saturated heterocycles. The number of aromatic nitrogens is 2. The van der Waals surface area contributed by atoms with Gasteiger partial charge in [-0.3, -0.25) is 14.8 Å². The van der Waals surface area contributed by atoms with Crippen LogP contribution in [0.5, 0.6) is 5.75 Å². The van der Waals surface area contributed by atoms with Gasteiger partial charge in [0.2, 0.25) is 0 Å². The molecule has 3 aromatic rings. The van der Waals surface area contributed by atoms with Crippen molar-refractivity contribution < 1.29 is 9.53 Å². The van der Waals surface area contributed by atoms with Gasteiger partial charge in [0.1, 0.15) is 11.3 Å². The number of aromatic amines is 1. The molecule has 1 amide bonds. The molecule has 0 aliphatic carbocycles. The van der Waals surface area contributed by atoms with Crippen LogP contribution in [-0.2, 0) is 6.54 Å². The van der Waals surface area contributed by atoms with Crippen molar-refractivity contribution in [3.8, 4) is 5.75 Å². The summed E-state index contributed by atoms with van der Waals surface area (Å²) in [4.78, 5) is 15.3. The number of nitrogens with one attached hydrogen (secondary N) is 2. The summed E-state index contributed by atoms with van der Waals surface area (Å²) in [7, 11) is 1.60. The fourth-order valence-corrected chi connectivity index (χ4v) is 4.30. The van der Waals surface area contributed by atoms with Crippen LogP contribution >= 0.6 is 11.8 Å². The molecule has 0 saturated carbocycles. The summed E-state index contributed by atoms with van der Waals surface area (Å²) in [6.07, 6.45) is 0. The van der Waals surface area contributed by atoms with Crippen LogP contribution in [0, 0.1) is 0 Å². The summed E-state index contributed by atoms with van der Waals surface area (Å²) >= 11 is 1.99. The number of thioether (sulfide) groups is 1. The number of anilines is 1. The predicted molar refractivity (Wildman–Crippen MR) is 110 cm³/mol. The Morgan fingerprint density at radius 3 is 2.85 bits per heavy atom. The Labute approximate surface area is 162 Å². The quantitative estimate of drug-likeness (QED) is 0.708. The van der Waals surface area contributed by atoms with Crippen molar-refractivity contribution in [2.75, 3.05) is 37.0 Å². The number of nitrogens with zero attached hydrogens (tertiary/aromatic N) is 2. The zero-order chi connectivity index (χ0) is 18.6. The van der Waals surface area contributed by atoms with Crippen molar-refractivity contribution in [3.05, 3.63) is 53.7 Å². The van der Waals surface area contributed by atoms with E-state index < -0.39 is 0 Å². The molecular formula is C20H22N4O2S. The van der Waals surface area contributed by atoms with Crippen LogP contribution in [-0.4, -0.2) is 52.7 Å². The Hall–Kier alpha value is -2.51. The van der Waals surface area contributed by atoms with Crippen LogP contribution < -0.4 is 10.1 Å². The first-order chi connectivity index (χ1) is 13.3. The first-order valence-electron chi connectivity index (χ1n) is 8.96. The van der Waals surface area contributed by atoms with E-state index in [4.69, 9.17) is 4.74 Å². The van der Waals surface area contributed by atoms with Gasteiger partial charge < -0.3 is 10.1 Å². The molecule has 0 unspecified atom stereocenters. The molecule has 27 heavy (non-hydrogen) atoms. The number of para-hydroxylation sites is 2. The largest absolute Gasteiger partial charge is 0.494 e. The SMILES string of the molecule is COc1cccc2c(C(=O)Nc3ccccc3CN3CCSCC3)n[nH]c12. The third-order valence-corrected chi connectivity index (χ3v) is 5.70. The Kier molecular flexibility index (Phi) is 5.31. The van der Waals surface area contributed by atoms with Gasteiger partial charge in [-0.05, 0) is 17.7 Å². The molecule has 2 aromatic carbocycles. The molecular weight excluding hydrogens is 360 g/mol. The van der Waals surface area contributed by atoms with Gasteiger partial charge in [0.15, 0.2) is 5.69 Å². The molecule has 0 radical (unpaired) electrons. The first kappa shape index (κ1) is 17.9. The molecule has 2 N–H and O–H groups in total. The maximum absolute atomic E-state index is 12.9. The Bertz CT molecular complexity index is 950. The lowest BCUT2D eigenvalue weighted by Gasteiger charge is -2.27. The number of methoxy groups -OCH3 is 1. The molecule has 2 heterocycles. The summed E-state index contributed by atoms with van der Waals surface area (Å²) in [5.41, 5.74) is 3.05. The standard InChI is InChI=1S/C20H22N4O2S/c1-26-17-8-4-6-15-18(17)22-23-19(15)20(25)21-16-7-3-2-5-14(16)13-24-9-11-27-12-10-24/h2-8H,9-13H2,1H3,(H,21,25)(H,22,23). The highest BCUT2D eigenvalue weighted by molar-refractivity contribution is 7.99. The molecule has 0 atom stereocenters. The van der Waals surface area contributed by atoms with Gasteiger partial charge >= 0.3 is 0 Å². The van der Waals surface area contributed by atoms with Gasteiger partial charge in [0.05, 0.1) is 7.11 Å². The number of carbonyl (C=O) groups is 1. The number of amides is 1. The molecule has 0 bridgehead atoms. The van der Waals surface area contributed by atoms with Gasteiger partial charge in [-0.25, -0.2) is 0 Å². The van der Waals surface area contributed by atoms with Gasteiger partial charge in [0.25, 0.3) is 5.91 Å². The van der Waals surface area contributed by atoms with Crippen molar-refractivity contribution in [1.82, 2.24) is 15.1 Å². The second-order valence-electron chi connectivity index (χ2n) is 6.45. The highest BCUT2D eigenvalue weighted by Gasteiger charge is 2.18. The second-order valence-corrected chi connectivity index (χ2v) is 7.68. The van der Waals surface area contributed by atoms with Gasteiger partial charge in [-0.1, -0.05) is 30.3 Å². The molecule has 0 spiro atoms. The van der Waals surface area contributed by atoms with E-state index in [1.165, 1.54) is 0 Å². The number of hydrogen-bond acceptors (Lipinski definition) is 5. The topological polar surface area (TPSA) is 70.2 Å². The minimum Gasteiger partial charge on any atom is -0.494 e. The van der Waals surface area contributed by atoms with E-state index >= 15 is 0 Å².